The summed E-state index contributed by atoms with van der Waals surface area (Å²) in [5, 5.41) is 2.93. The van der Waals surface area contributed by atoms with E-state index in [1.165, 1.54) is 0 Å². The average molecular weight is 357 g/mol. The van der Waals surface area contributed by atoms with E-state index in [2.05, 4.69) is 10.3 Å². The van der Waals surface area contributed by atoms with Gasteiger partial charge >= 0.3 is 0 Å². The van der Waals surface area contributed by atoms with Crippen LogP contribution >= 0.6 is 0 Å². The van der Waals surface area contributed by atoms with Crippen molar-refractivity contribution in [2.75, 3.05) is 44.8 Å². The summed E-state index contributed by atoms with van der Waals surface area (Å²) >= 11 is 0. The Hall–Kier alpha value is -1.99. The number of hydrogen-bond acceptors (Lipinski definition) is 5. The van der Waals surface area contributed by atoms with Gasteiger partial charge in [0.2, 0.25) is 11.8 Å². The predicted molar refractivity (Wildman–Crippen MR) is 92.0 cm³/mol. The van der Waals surface area contributed by atoms with Crippen molar-refractivity contribution in [2.45, 2.75) is 0 Å². The maximum Gasteiger partial charge on any atom is 0.230 e. The fraction of sp³-hybridized carbons (Fsp3) is 0.632. The molecule has 1 unspecified atom stereocenters. The van der Waals surface area contributed by atoms with Crippen LogP contribution in [0, 0.1) is 35.5 Å². The highest BCUT2D eigenvalue weighted by molar-refractivity contribution is 5.93. The van der Waals surface area contributed by atoms with E-state index in [0.29, 0.717) is 43.8 Å². The van der Waals surface area contributed by atoms with E-state index >= 15 is 0 Å². The number of nitrogens with one attached hydrogen (secondary N) is 1. The molecule has 0 spiro atoms. The average Bonchev–Trinajstić information content (AvgIpc) is 3.02. The minimum atomic E-state index is -0.228. The highest BCUT2D eigenvalue weighted by Crippen LogP contribution is 2.52. The van der Waals surface area contributed by atoms with E-state index < -0.39 is 0 Å². The third-order valence-electron chi connectivity index (χ3n) is 6.45. The molecule has 6 atom stereocenters. The van der Waals surface area contributed by atoms with Crippen molar-refractivity contribution in [3.05, 3.63) is 24.5 Å². The van der Waals surface area contributed by atoms with Crippen LogP contribution in [-0.4, -0.2) is 61.2 Å². The highest BCUT2D eigenvalue weighted by Gasteiger charge is 2.60. The molecule has 2 amide bonds. The number of carbonyl (C=O) groups is 2. The molecule has 0 bridgehead atoms. The second-order valence-corrected chi connectivity index (χ2v) is 7.93. The fourth-order valence-corrected chi connectivity index (χ4v) is 4.94. The zero-order chi connectivity index (χ0) is 17.7. The van der Waals surface area contributed by atoms with Crippen LogP contribution < -0.4 is 5.32 Å². The Morgan fingerprint density at radius 2 is 1.88 bits per heavy atom. The molecule has 26 heavy (non-hydrogen) atoms. The largest absolute Gasteiger partial charge is 0.381 e. The summed E-state index contributed by atoms with van der Waals surface area (Å²) in [6, 6.07) is 3.62. The van der Waals surface area contributed by atoms with E-state index in [-0.39, 0.29) is 35.5 Å². The smallest absolute Gasteiger partial charge is 0.230 e. The summed E-state index contributed by atoms with van der Waals surface area (Å²) in [6.07, 6.45) is 3.31. The fourth-order valence-electron chi connectivity index (χ4n) is 4.94. The summed E-state index contributed by atoms with van der Waals surface area (Å²) in [5.41, 5.74) is 0.691. The van der Waals surface area contributed by atoms with E-state index in [1.807, 2.05) is 11.0 Å². The van der Waals surface area contributed by atoms with E-state index in [9.17, 15) is 9.59 Å². The van der Waals surface area contributed by atoms with Crippen LogP contribution in [0.3, 0.4) is 0 Å². The van der Waals surface area contributed by atoms with Gasteiger partial charge in [0.15, 0.2) is 0 Å². The summed E-state index contributed by atoms with van der Waals surface area (Å²) in [5.74, 6) is 1.38. The number of fused-ring (bicyclic) bond motifs is 2. The Kier molecular flexibility index (Phi) is 3.94. The van der Waals surface area contributed by atoms with Gasteiger partial charge in [0.25, 0.3) is 0 Å². The molecule has 7 nitrogen and oxygen atoms in total. The summed E-state index contributed by atoms with van der Waals surface area (Å²) in [6.45, 7) is 3.86. The molecule has 1 N–H and O–H groups in total. The Morgan fingerprint density at radius 1 is 1.08 bits per heavy atom. The molecule has 4 heterocycles. The molecule has 3 saturated heterocycles. The number of carbonyl (C=O) groups excluding carboxylic acids is 2. The number of amides is 2. The molecule has 1 aromatic rings. The molecule has 1 aliphatic carbocycles. The van der Waals surface area contributed by atoms with Crippen LogP contribution in [0.4, 0.5) is 5.69 Å². The zero-order valence-electron chi connectivity index (χ0n) is 14.5. The lowest BCUT2D eigenvalue weighted by atomic mass is 9.82. The number of nitrogens with zero attached hydrogens (tertiary/aromatic N) is 2. The molecular formula is C19H23N3O4. The van der Waals surface area contributed by atoms with E-state index in [4.69, 9.17) is 9.47 Å². The molecule has 0 aromatic carbocycles. The van der Waals surface area contributed by atoms with Crippen molar-refractivity contribution in [1.82, 2.24) is 9.88 Å². The number of ether oxygens (including phenoxy) is 2. The summed E-state index contributed by atoms with van der Waals surface area (Å²) < 4.78 is 11.1. The molecule has 7 heteroatoms. The lowest BCUT2D eigenvalue weighted by Crippen LogP contribution is -2.42. The number of likely N-dealkylation sites (tertiary alicyclic amines) is 1. The minimum Gasteiger partial charge on any atom is -0.381 e. The van der Waals surface area contributed by atoms with Crippen molar-refractivity contribution in [1.29, 1.82) is 0 Å². The Bertz CT molecular complexity index is 702. The van der Waals surface area contributed by atoms with Crippen LogP contribution in [0.15, 0.2) is 24.5 Å². The second-order valence-electron chi connectivity index (χ2n) is 7.93. The van der Waals surface area contributed by atoms with E-state index in [1.54, 1.807) is 18.5 Å². The molecule has 3 aliphatic heterocycles. The van der Waals surface area contributed by atoms with Gasteiger partial charge in [0.1, 0.15) is 0 Å². The summed E-state index contributed by atoms with van der Waals surface area (Å²) in [4.78, 5) is 31.6. The van der Waals surface area contributed by atoms with Crippen molar-refractivity contribution in [3.8, 4) is 0 Å². The van der Waals surface area contributed by atoms with Crippen molar-refractivity contribution >= 4 is 17.5 Å². The number of anilines is 1. The maximum absolute atomic E-state index is 12.9. The van der Waals surface area contributed by atoms with Gasteiger partial charge in [0, 0.05) is 31.1 Å². The van der Waals surface area contributed by atoms with Crippen LogP contribution in [-0.2, 0) is 19.1 Å². The first-order chi connectivity index (χ1) is 12.7. The standard InChI is InChI=1S/C19H23N3O4/c23-18(21-12-2-1-3-20-4-12)16-10-25-7-11-5-22(6-13(11)16)19(24)17-14-8-26-9-15(14)17/h1-4,11,13-17H,5-10H2,(H,21,23)/t11-,13-,14-,15+,16-,17?/m1/s1. The molecule has 1 saturated carbocycles. The quantitative estimate of drug-likeness (QED) is 0.858. The van der Waals surface area contributed by atoms with Crippen molar-refractivity contribution < 1.29 is 19.1 Å². The SMILES string of the molecule is O=C(Nc1cccnc1)[C@@H]1COC[C@H]2CN(C(=O)C3[C@H]4COC[C@@H]34)C[C@H]21. The van der Waals surface area contributed by atoms with Gasteiger partial charge in [-0.15, -0.1) is 0 Å². The first kappa shape index (κ1) is 16.2. The third kappa shape index (κ3) is 2.70. The number of aromatic nitrogens is 1. The van der Waals surface area contributed by atoms with Crippen molar-refractivity contribution in [2.24, 2.45) is 35.5 Å². The maximum atomic E-state index is 12.9. The molecule has 4 aliphatic rings. The lowest BCUT2D eigenvalue weighted by Gasteiger charge is -2.31. The van der Waals surface area contributed by atoms with Gasteiger partial charge in [-0.05, 0) is 29.9 Å². The van der Waals surface area contributed by atoms with E-state index in [0.717, 1.165) is 13.2 Å². The Labute approximate surface area is 152 Å². The number of pyridine rings is 1. The Balaban J connectivity index is 1.25. The summed E-state index contributed by atoms with van der Waals surface area (Å²) in [7, 11) is 0. The first-order valence-corrected chi connectivity index (χ1v) is 9.37. The first-order valence-electron chi connectivity index (χ1n) is 9.37. The molecule has 138 valence electrons. The van der Waals surface area contributed by atoms with Gasteiger partial charge in [-0.1, -0.05) is 0 Å². The molecule has 5 rings (SSSR count). The normalized spacial score (nSPS) is 37.8. The topological polar surface area (TPSA) is 80.8 Å². The van der Waals surface area contributed by atoms with Crippen LogP contribution in [0.5, 0.6) is 0 Å². The van der Waals surface area contributed by atoms with Crippen LogP contribution in [0.2, 0.25) is 0 Å². The molecular weight excluding hydrogens is 334 g/mol. The van der Waals surface area contributed by atoms with Crippen LogP contribution in [0.1, 0.15) is 0 Å². The molecule has 1 aromatic heterocycles. The van der Waals surface area contributed by atoms with Gasteiger partial charge in [-0.2, -0.15) is 0 Å². The zero-order valence-corrected chi connectivity index (χ0v) is 14.5. The lowest BCUT2D eigenvalue weighted by molar-refractivity contribution is -0.133. The Morgan fingerprint density at radius 3 is 2.65 bits per heavy atom. The van der Waals surface area contributed by atoms with Gasteiger partial charge in [-0.3, -0.25) is 14.6 Å². The monoisotopic (exact) mass is 357 g/mol. The second kappa shape index (κ2) is 6.32. The number of hydrogen-bond donors (Lipinski definition) is 1. The van der Waals surface area contributed by atoms with Gasteiger partial charge < -0.3 is 19.7 Å². The third-order valence-corrected chi connectivity index (χ3v) is 6.45. The van der Waals surface area contributed by atoms with Gasteiger partial charge in [0.05, 0.1) is 44.2 Å². The number of rotatable bonds is 3. The highest BCUT2D eigenvalue weighted by atomic mass is 16.5. The van der Waals surface area contributed by atoms with Gasteiger partial charge in [-0.25, -0.2) is 0 Å². The molecule has 4 fully saturated rings. The molecule has 0 radical (unpaired) electrons. The minimum absolute atomic E-state index is 0.0429. The predicted octanol–water partition coefficient (Wildman–Crippen LogP) is 0.633. The van der Waals surface area contributed by atoms with Crippen molar-refractivity contribution in [3.63, 3.8) is 0 Å². The van der Waals surface area contributed by atoms with Crippen LogP contribution in [0.25, 0.3) is 0 Å².